The summed E-state index contributed by atoms with van der Waals surface area (Å²) < 4.78 is 1.04. The second-order valence-electron chi connectivity index (χ2n) is 3.35. The van der Waals surface area contributed by atoms with Gasteiger partial charge in [0.2, 0.25) is 0 Å². The molecule has 6 heteroatoms. The Bertz CT molecular complexity index is 688. The highest BCUT2D eigenvalue weighted by Crippen LogP contribution is 2.13. The number of aromatic nitrogens is 2. The number of hydrogen-bond donors (Lipinski definition) is 0. The molecule has 86 valence electrons. The molecule has 0 radical (unpaired) electrons. The van der Waals surface area contributed by atoms with Gasteiger partial charge in [-0.1, -0.05) is 11.6 Å². The number of imidazole rings is 1. The van der Waals surface area contributed by atoms with E-state index in [1.165, 1.54) is 12.1 Å². The molecule has 0 saturated carbocycles. The fourth-order valence-corrected chi connectivity index (χ4v) is 1.55. The second kappa shape index (κ2) is 4.70. The van der Waals surface area contributed by atoms with E-state index in [4.69, 9.17) is 22.1 Å². The molecule has 1 aromatic carbocycles. The van der Waals surface area contributed by atoms with E-state index in [2.05, 4.69) is 4.98 Å². The highest BCUT2D eigenvalue weighted by Gasteiger charge is 2.16. The van der Waals surface area contributed by atoms with Crippen LogP contribution >= 0.6 is 11.6 Å². The second-order valence-corrected chi connectivity index (χ2v) is 3.78. The third-order valence-electron chi connectivity index (χ3n) is 2.29. The monoisotopic (exact) mass is 256 g/mol. The Hall–Kier alpha value is -2.63. The SMILES string of the molecule is N#Cc1ncn(C(=O)c2ccc(Cl)cc2)c1C#N. The molecule has 2 rings (SSSR count). The van der Waals surface area contributed by atoms with Crippen molar-refractivity contribution in [2.24, 2.45) is 0 Å². The van der Waals surface area contributed by atoms with Gasteiger partial charge in [0.05, 0.1) is 0 Å². The van der Waals surface area contributed by atoms with Gasteiger partial charge in [-0.3, -0.25) is 9.36 Å². The van der Waals surface area contributed by atoms with Crippen molar-refractivity contribution in [3.8, 4) is 12.1 Å². The Morgan fingerprint density at radius 1 is 1.22 bits per heavy atom. The molecule has 0 spiro atoms. The van der Waals surface area contributed by atoms with E-state index >= 15 is 0 Å². The maximum Gasteiger partial charge on any atom is 0.264 e. The molecule has 0 aliphatic carbocycles. The topological polar surface area (TPSA) is 82.5 Å². The summed E-state index contributed by atoms with van der Waals surface area (Å²) in [5.74, 6) is -0.433. The van der Waals surface area contributed by atoms with Crippen LogP contribution in [0.2, 0.25) is 5.02 Å². The van der Waals surface area contributed by atoms with Crippen molar-refractivity contribution in [1.82, 2.24) is 9.55 Å². The molecule has 0 fully saturated rings. The fourth-order valence-electron chi connectivity index (χ4n) is 1.42. The standard InChI is InChI=1S/C12H5ClN4O/c13-9-3-1-8(2-4-9)12(18)17-7-16-10(5-14)11(17)6-15/h1-4,7H. The van der Waals surface area contributed by atoms with Crippen LogP contribution in [-0.2, 0) is 0 Å². The number of carbonyl (C=O) groups excluding carboxylic acids is 1. The Morgan fingerprint density at radius 2 is 1.89 bits per heavy atom. The number of benzene rings is 1. The molecular weight excluding hydrogens is 252 g/mol. The van der Waals surface area contributed by atoms with E-state index in [1.807, 2.05) is 0 Å². The number of rotatable bonds is 1. The van der Waals surface area contributed by atoms with Crippen LogP contribution < -0.4 is 0 Å². The maximum atomic E-state index is 12.1. The Kier molecular flexibility index (Phi) is 3.09. The van der Waals surface area contributed by atoms with Crippen LogP contribution in [0.25, 0.3) is 0 Å². The minimum atomic E-state index is -0.433. The predicted octanol–water partition coefficient (Wildman–Crippen LogP) is 1.97. The zero-order valence-corrected chi connectivity index (χ0v) is 9.72. The van der Waals surface area contributed by atoms with E-state index < -0.39 is 5.91 Å². The summed E-state index contributed by atoms with van der Waals surface area (Å²) in [6.07, 6.45) is 1.16. The summed E-state index contributed by atoms with van der Waals surface area (Å²) in [6, 6.07) is 9.77. The number of nitrogens with zero attached hydrogens (tertiary/aromatic N) is 4. The van der Waals surface area contributed by atoms with Crippen LogP contribution in [0, 0.1) is 22.7 Å². The van der Waals surface area contributed by atoms with Crippen molar-refractivity contribution >= 4 is 17.5 Å². The molecule has 18 heavy (non-hydrogen) atoms. The number of halogens is 1. The lowest BCUT2D eigenvalue weighted by molar-refractivity contribution is 0.0959. The van der Waals surface area contributed by atoms with E-state index in [-0.39, 0.29) is 11.4 Å². The third kappa shape index (κ3) is 1.95. The molecule has 0 aliphatic rings. The smallest absolute Gasteiger partial charge is 0.264 e. The highest BCUT2D eigenvalue weighted by molar-refractivity contribution is 6.30. The zero-order valence-electron chi connectivity index (χ0n) is 8.96. The van der Waals surface area contributed by atoms with Crippen LogP contribution in [0.1, 0.15) is 21.7 Å². The number of nitriles is 2. The first kappa shape index (κ1) is 11.8. The first-order valence-corrected chi connectivity index (χ1v) is 5.23. The quantitative estimate of drug-likeness (QED) is 0.781. The average molecular weight is 257 g/mol. The molecule has 0 N–H and O–H groups in total. The Morgan fingerprint density at radius 3 is 2.44 bits per heavy atom. The Balaban J connectivity index is 2.48. The summed E-state index contributed by atoms with van der Waals surface area (Å²) in [4.78, 5) is 15.8. The van der Waals surface area contributed by atoms with Gasteiger partial charge >= 0.3 is 0 Å². The molecule has 1 heterocycles. The fraction of sp³-hybridized carbons (Fsp3) is 0. The van der Waals surface area contributed by atoms with Crippen LogP contribution in [0.15, 0.2) is 30.6 Å². The molecule has 0 aliphatic heterocycles. The van der Waals surface area contributed by atoms with E-state index in [0.717, 1.165) is 10.9 Å². The number of carbonyl (C=O) groups is 1. The van der Waals surface area contributed by atoms with Crippen LogP contribution in [0.3, 0.4) is 0 Å². The molecular formula is C12H5ClN4O. The van der Waals surface area contributed by atoms with Crippen molar-refractivity contribution in [2.45, 2.75) is 0 Å². The van der Waals surface area contributed by atoms with Crippen molar-refractivity contribution in [1.29, 1.82) is 10.5 Å². The molecule has 1 aromatic heterocycles. The predicted molar refractivity (Wildman–Crippen MR) is 62.8 cm³/mol. The lowest BCUT2D eigenvalue weighted by Crippen LogP contribution is -2.12. The van der Waals surface area contributed by atoms with Crippen LogP contribution in [0.4, 0.5) is 0 Å². The first-order valence-electron chi connectivity index (χ1n) is 4.85. The molecule has 0 atom stereocenters. The van der Waals surface area contributed by atoms with Gasteiger partial charge in [0.25, 0.3) is 5.91 Å². The van der Waals surface area contributed by atoms with Gasteiger partial charge < -0.3 is 0 Å². The molecule has 0 saturated heterocycles. The van der Waals surface area contributed by atoms with Gasteiger partial charge in [0.15, 0.2) is 11.4 Å². The van der Waals surface area contributed by atoms with Gasteiger partial charge in [0.1, 0.15) is 18.5 Å². The summed E-state index contributed by atoms with van der Waals surface area (Å²) in [5, 5.41) is 18.2. The van der Waals surface area contributed by atoms with Crippen molar-refractivity contribution in [2.75, 3.05) is 0 Å². The van der Waals surface area contributed by atoms with Gasteiger partial charge in [-0.25, -0.2) is 4.98 Å². The van der Waals surface area contributed by atoms with Crippen LogP contribution in [0.5, 0.6) is 0 Å². The summed E-state index contributed by atoms with van der Waals surface area (Å²) in [5.41, 5.74) is 0.218. The Labute approximate surface area is 107 Å². The molecule has 0 amide bonds. The van der Waals surface area contributed by atoms with Gasteiger partial charge in [-0.05, 0) is 24.3 Å². The van der Waals surface area contributed by atoms with E-state index in [1.54, 1.807) is 24.3 Å². The number of hydrogen-bond acceptors (Lipinski definition) is 4. The molecule has 5 nitrogen and oxygen atoms in total. The minimum absolute atomic E-state index is 0.0696. The zero-order chi connectivity index (χ0) is 13.1. The van der Waals surface area contributed by atoms with Gasteiger partial charge in [0, 0.05) is 10.6 Å². The lowest BCUT2D eigenvalue weighted by Gasteiger charge is -2.02. The minimum Gasteiger partial charge on any atom is -0.268 e. The van der Waals surface area contributed by atoms with E-state index in [0.29, 0.717) is 10.6 Å². The van der Waals surface area contributed by atoms with Gasteiger partial charge in [-0.15, -0.1) is 0 Å². The lowest BCUT2D eigenvalue weighted by atomic mass is 10.2. The largest absolute Gasteiger partial charge is 0.268 e. The molecule has 0 unspecified atom stereocenters. The van der Waals surface area contributed by atoms with Crippen molar-refractivity contribution < 1.29 is 4.79 Å². The van der Waals surface area contributed by atoms with Gasteiger partial charge in [-0.2, -0.15) is 10.5 Å². The van der Waals surface area contributed by atoms with Crippen molar-refractivity contribution in [3.05, 3.63) is 52.6 Å². The van der Waals surface area contributed by atoms with Crippen molar-refractivity contribution in [3.63, 3.8) is 0 Å². The summed E-state index contributed by atoms with van der Waals surface area (Å²) in [6.45, 7) is 0. The molecule has 2 aromatic rings. The highest BCUT2D eigenvalue weighted by atomic mass is 35.5. The van der Waals surface area contributed by atoms with Crippen LogP contribution in [-0.4, -0.2) is 15.5 Å². The van der Waals surface area contributed by atoms with E-state index in [9.17, 15) is 4.79 Å². The normalized spacial score (nSPS) is 9.50. The summed E-state index contributed by atoms with van der Waals surface area (Å²) in [7, 11) is 0. The third-order valence-corrected chi connectivity index (χ3v) is 2.54. The average Bonchev–Trinajstić information content (AvgIpc) is 2.81. The summed E-state index contributed by atoms with van der Waals surface area (Å²) >= 11 is 5.72. The first-order chi connectivity index (χ1) is 8.67. The molecule has 0 bridgehead atoms. The maximum absolute atomic E-state index is 12.1.